The Morgan fingerprint density at radius 2 is 1.95 bits per heavy atom. The Balaban J connectivity index is 2.39. The summed E-state index contributed by atoms with van der Waals surface area (Å²) in [5.41, 5.74) is 0.390. The fraction of sp³-hybridized carbons (Fsp3) is 0.385. The van der Waals surface area contributed by atoms with Gasteiger partial charge in [0.15, 0.2) is 5.82 Å². The van der Waals surface area contributed by atoms with Gasteiger partial charge in [0, 0.05) is 18.7 Å². The zero-order valence-electron chi connectivity index (χ0n) is 10.8. The maximum atomic E-state index is 13.4. The van der Waals surface area contributed by atoms with Crippen LogP contribution in [0.4, 0.5) is 10.1 Å². The van der Waals surface area contributed by atoms with E-state index in [-0.39, 0.29) is 34.8 Å². The normalized spacial score (nSPS) is 19.8. The number of carbonyl (C=O) groups excluding carboxylic acids is 2. The molecule has 2 amide bonds. The fourth-order valence-corrected chi connectivity index (χ4v) is 2.55. The minimum absolute atomic E-state index is 0.156. The van der Waals surface area contributed by atoms with Crippen LogP contribution in [0.3, 0.4) is 0 Å². The molecule has 0 aromatic heterocycles. The molecule has 1 aromatic rings. The molecule has 1 heterocycles. The molecule has 1 aliphatic rings. The minimum atomic E-state index is -0.722. The van der Waals surface area contributed by atoms with Crippen molar-refractivity contribution < 1.29 is 14.0 Å². The molecule has 108 valence electrons. The second-order valence-corrected chi connectivity index (χ2v) is 5.31. The van der Waals surface area contributed by atoms with Crippen molar-refractivity contribution in [3.05, 3.63) is 28.0 Å². The molecule has 1 saturated heterocycles. The fourth-order valence-electron chi connectivity index (χ4n) is 2.07. The number of rotatable bonds is 2. The topological polar surface area (TPSA) is 49.4 Å². The van der Waals surface area contributed by atoms with Crippen LogP contribution in [0.15, 0.2) is 12.1 Å². The predicted molar refractivity (Wildman–Crippen MR) is 75.6 cm³/mol. The van der Waals surface area contributed by atoms with Gasteiger partial charge in [-0.25, -0.2) is 4.39 Å². The lowest BCUT2D eigenvalue weighted by Gasteiger charge is -2.24. The van der Waals surface area contributed by atoms with E-state index >= 15 is 0 Å². The monoisotopic (exact) mass is 318 g/mol. The Labute approximate surface area is 125 Å². The van der Waals surface area contributed by atoms with E-state index in [4.69, 9.17) is 23.2 Å². The number of carbonyl (C=O) groups is 2. The molecule has 1 atom stereocenters. The lowest BCUT2D eigenvalue weighted by atomic mass is 10.2. The number of amides is 2. The summed E-state index contributed by atoms with van der Waals surface area (Å²) >= 11 is 11.5. The van der Waals surface area contributed by atoms with Crippen molar-refractivity contribution in [1.29, 1.82) is 0 Å². The lowest BCUT2D eigenvalue weighted by Crippen LogP contribution is -2.44. The molecule has 0 aliphatic carbocycles. The first-order valence-corrected chi connectivity index (χ1v) is 6.95. The first-order valence-electron chi connectivity index (χ1n) is 6.19. The van der Waals surface area contributed by atoms with Gasteiger partial charge in [-0.15, -0.1) is 0 Å². The molecule has 1 fully saturated rings. The van der Waals surface area contributed by atoms with Crippen molar-refractivity contribution in [2.75, 3.05) is 11.4 Å². The lowest BCUT2D eigenvalue weighted by molar-refractivity contribution is -0.125. The smallest absolute Gasteiger partial charge is 0.249 e. The molecule has 0 radical (unpaired) electrons. The van der Waals surface area contributed by atoms with Crippen LogP contribution >= 0.6 is 23.2 Å². The number of hydrogen-bond acceptors (Lipinski definition) is 2. The van der Waals surface area contributed by atoms with Crippen LogP contribution in [0.25, 0.3) is 0 Å². The first-order chi connectivity index (χ1) is 9.43. The number of anilines is 1. The number of nitrogens with zero attached hydrogens (tertiary/aromatic N) is 1. The van der Waals surface area contributed by atoms with Crippen molar-refractivity contribution >= 4 is 40.7 Å². The zero-order valence-corrected chi connectivity index (χ0v) is 12.3. The maximum absolute atomic E-state index is 13.4. The van der Waals surface area contributed by atoms with E-state index in [0.717, 1.165) is 0 Å². The molecule has 0 bridgehead atoms. The number of benzene rings is 1. The second-order valence-electron chi connectivity index (χ2n) is 4.49. The summed E-state index contributed by atoms with van der Waals surface area (Å²) in [6, 6.07) is 2.08. The van der Waals surface area contributed by atoms with Gasteiger partial charge in [-0.3, -0.25) is 9.59 Å². The SMILES string of the molecule is CCC1NC(=O)CCN(c2cc(Cl)c(F)c(Cl)c2)C1=O. The third-order valence-electron chi connectivity index (χ3n) is 3.15. The van der Waals surface area contributed by atoms with E-state index in [1.165, 1.54) is 17.0 Å². The van der Waals surface area contributed by atoms with Crippen molar-refractivity contribution in [2.45, 2.75) is 25.8 Å². The van der Waals surface area contributed by atoms with Crippen molar-refractivity contribution in [1.82, 2.24) is 5.32 Å². The molecule has 1 aliphatic heterocycles. The molecule has 7 heteroatoms. The van der Waals surface area contributed by atoms with Gasteiger partial charge >= 0.3 is 0 Å². The van der Waals surface area contributed by atoms with E-state index in [1.807, 2.05) is 0 Å². The Morgan fingerprint density at radius 3 is 2.50 bits per heavy atom. The molecule has 4 nitrogen and oxygen atoms in total. The van der Waals surface area contributed by atoms with Crippen LogP contribution in [0.2, 0.25) is 10.0 Å². The van der Waals surface area contributed by atoms with Gasteiger partial charge in [-0.05, 0) is 18.6 Å². The highest BCUT2D eigenvalue weighted by atomic mass is 35.5. The molecule has 20 heavy (non-hydrogen) atoms. The van der Waals surface area contributed by atoms with Crippen LogP contribution in [-0.2, 0) is 9.59 Å². The van der Waals surface area contributed by atoms with Crippen molar-refractivity contribution in [3.63, 3.8) is 0 Å². The van der Waals surface area contributed by atoms with Crippen LogP contribution < -0.4 is 10.2 Å². The Morgan fingerprint density at radius 1 is 1.35 bits per heavy atom. The molecular formula is C13H13Cl2FN2O2. The van der Waals surface area contributed by atoms with Gasteiger partial charge in [0.05, 0.1) is 10.0 Å². The highest BCUT2D eigenvalue weighted by Gasteiger charge is 2.30. The summed E-state index contributed by atoms with van der Waals surface area (Å²) in [7, 11) is 0. The van der Waals surface area contributed by atoms with E-state index in [1.54, 1.807) is 6.92 Å². The summed E-state index contributed by atoms with van der Waals surface area (Å²) in [6.45, 7) is 2.01. The van der Waals surface area contributed by atoms with Gasteiger partial charge in [-0.1, -0.05) is 30.1 Å². The largest absolute Gasteiger partial charge is 0.344 e. The molecule has 1 aromatic carbocycles. The van der Waals surface area contributed by atoms with Crippen LogP contribution in [0.5, 0.6) is 0 Å². The Kier molecular flexibility index (Phi) is 4.50. The highest BCUT2D eigenvalue weighted by Crippen LogP contribution is 2.30. The van der Waals surface area contributed by atoms with Crippen LogP contribution in [0.1, 0.15) is 19.8 Å². The van der Waals surface area contributed by atoms with Gasteiger partial charge in [-0.2, -0.15) is 0 Å². The summed E-state index contributed by atoms with van der Waals surface area (Å²) in [4.78, 5) is 25.3. The molecule has 0 saturated carbocycles. The van der Waals surface area contributed by atoms with E-state index < -0.39 is 11.9 Å². The number of hydrogen-bond donors (Lipinski definition) is 1. The second kappa shape index (κ2) is 5.97. The summed E-state index contributed by atoms with van der Waals surface area (Å²) in [5, 5.41) is 2.34. The molecule has 1 unspecified atom stereocenters. The Hall–Kier alpha value is -1.33. The predicted octanol–water partition coefficient (Wildman–Crippen LogP) is 2.76. The van der Waals surface area contributed by atoms with Gasteiger partial charge in [0.1, 0.15) is 6.04 Å². The highest BCUT2D eigenvalue weighted by molar-refractivity contribution is 6.35. The van der Waals surface area contributed by atoms with Gasteiger partial charge in [0.25, 0.3) is 0 Å². The summed E-state index contributed by atoms with van der Waals surface area (Å²) in [5.74, 6) is -1.16. The maximum Gasteiger partial charge on any atom is 0.249 e. The first kappa shape index (κ1) is 15.1. The van der Waals surface area contributed by atoms with Gasteiger partial charge in [0.2, 0.25) is 11.8 Å². The Bertz CT molecular complexity index is 542. The average molecular weight is 319 g/mol. The van der Waals surface area contributed by atoms with E-state index in [2.05, 4.69) is 5.32 Å². The molecule has 1 N–H and O–H groups in total. The van der Waals surface area contributed by atoms with Crippen molar-refractivity contribution in [3.8, 4) is 0 Å². The minimum Gasteiger partial charge on any atom is -0.344 e. The van der Waals surface area contributed by atoms with E-state index in [0.29, 0.717) is 12.1 Å². The number of nitrogens with one attached hydrogen (secondary N) is 1. The molecular weight excluding hydrogens is 306 g/mol. The standard InChI is InChI=1S/C13H13Cl2FN2O2/c1-2-10-13(20)18(4-3-11(19)17-10)7-5-8(14)12(16)9(15)6-7/h5-6,10H,2-4H2,1H3,(H,17,19). The third-order valence-corrected chi connectivity index (χ3v) is 3.70. The van der Waals surface area contributed by atoms with Crippen molar-refractivity contribution in [2.24, 2.45) is 0 Å². The number of halogens is 3. The zero-order chi connectivity index (χ0) is 14.9. The van der Waals surface area contributed by atoms with Gasteiger partial charge < -0.3 is 10.2 Å². The van der Waals surface area contributed by atoms with Crippen LogP contribution in [0, 0.1) is 5.82 Å². The third kappa shape index (κ3) is 2.88. The van der Waals surface area contributed by atoms with Crippen LogP contribution in [-0.4, -0.2) is 24.4 Å². The summed E-state index contributed by atoms with van der Waals surface area (Å²) < 4.78 is 13.4. The molecule has 0 spiro atoms. The molecule has 2 rings (SSSR count). The summed E-state index contributed by atoms with van der Waals surface area (Å²) in [6.07, 6.45) is 0.651. The quantitative estimate of drug-likeness (QED) is 0.852. The van der Waals surface area contributed by atoms with E-state index in [9.17, 15) is 14.0 Å². The average Bonchev–Trinajstić information content (AvgIpc) is 2.55.